The minimum atomic E-state index is -3.90. The second-order valence-electron chi connectivity index (χ2n) is 4.09. The molecular formula is C8H15F2NO3S. The SMILES string of the molecule is CC(F)(F)C1(CS(N)(=O)=O)CCOCC1. The first kappa shape index (κ1) is 12.8. The van der Waals surface area contributed by atoms with Crippen LogP contribution >= 0.6 is 0 Å². The predicted octanol–water partition coefficient (Wildman–Crippen LogP) is 0.727. The van der Waals surface area contributed by atoms with E-state index in [4.69, 9.17) is 9.88 Å². The van der Waals surface area contributed by atoms with E-state index in [1.807, 2.05) is 0 Å². The van der Waals surface area contributed by atoms with Crippen molar-refractivity contribution in [2.45, 2.75) is 25.7 Å². The first-order valence-corrected chi connectivity index (χ1v) is 6.34. The highest BCUT2D eigenvalue weighted by Gasteiger charge is 2.52. The molecule has 0 atom stereocenters. The molecule has 1 saturated heterocycles. The number of halogens is 2. The zero-order valence-electron chi connectivity index (χ0n) is 8.50. The summed E-state index contributed by atoms with van der Waals surface area (Å²) < 4.78 is 53.7. The van der Waals surface area contributed by atoms with Gasteiger partial charge >= 0.3 is 0 Å². The van der Waals surface area contributed by atoms with Crippen LogP contribution in [0, 0.1) is 5.41 Å². The maximum Gasteiger partial charge on any atom is 0.252 e. The van der Waals surface area contributed by atoms with Gasteiger partial charge in [0.15, 0.2) is 0 Å². The Labute approximate surface area is 87.8 Å². The standard InChI is InChI=1S/C8H15F2NO3S/c1-7(9,10)8(6-15(11,12)13)2-4-14-5-3-8/h2-6H2,1H3,(H2,11,12,13). The van der Waals surface area contributed by atoms with E-state index in [2.05, 4.69) is 0 Å². The number of ether oxygens (including phenoxy) is 1. The van der Waals surface area contributed by atoms with Crippen LogP contribution in [0.5, 0.6) is 0 Å². The second kappa shape index (κ2) is 3.95. The fraction of sp³-hybridized carbons (Fsp3) is 1.00. The molecule has 0 aromatic rings. The lowest BCUT2D eigenvalue weighted by molar-refractivity contribution is -0.138. The quantitative estimate of drug-likeness (QED) is 0.794. The fourth-order valence-corrected chi connectivity index (χ4v) is 3.17. The number of alkyl halides is 2. The monoisotopic (exact) mass is 243 g/mol. The molecule has 15 heavy (non-hydrogen) atoms. The van der Waals surface area contributed by atoms with Crippen molar-refractivity contribution in [3.8, 4) is 0 Å². The van der Waals surface area contributed by atoms with Crippen LogP contribution in [-0.2, 0) is 14.8 Å². The highest BCUT2D eigenvalue weighted by molar-refractivity contribution is 7.89. The minimum Gasteiger partial charge on any atom is -0.381 e. The van der Waals surface area contributed by atoms with Crippen molar-refractivity contribution in [1.82, 2.24) is 0 Å². The number of nitrogens with two attached hydrogens (primary N) is 1. The van der Waals surface area contributed by atoms with Crippen molar-refractivity contribution in [1.29, 1.82) is 0 Å². The molecule has 7 heteroatoms. The Morgan fingerprint density at radius 2 is 1.87 bits per heavy atom. The summed E-state index contributed by atoms with van der Waals surface area (Å²) in [6.45, 7) is 1.04. The van der Waals surface area contributed by atoms with E-state index in [9.17, 15) is 17.2 Å². The van der Waals surface area contributed by atoms with Crippen LogP contribution in [0.3, 0.4) is 0 Å². The largest absolute Gasteiger partial charge is 0.381 e. The highest BCUT2D eigenvalue weighted by atomic mass is 32.2. The van der Waals surface area contributed by atoms with Gasteiger partial charge < -0.3 is 4.74 Å². The van der Waals surface area contributed by atoms with Crippen molar-refractivity contribution in [3.05, 3.63) is 0 Å². The van der Waals surface area contributed by atoms with Crippen LogP contribution in [0.25, 0.3) is 0 Å². The van der Waals surface area contributed by atoms with E-state index < -0.39 is 27.1 Å². The highest BCUT2D eigenvalue weighted by Crippen LogP contribution is 2.45. The maximum atomic E-state index is 13.4. The molecule has 1 fully saturated rings. The van der Waals surface area contributed by atoms with Gasteiger partial charge in [-0.15, -0.1) is 0 Å². The molecule has 0 saturated carbocycles. The lowest BCUT2D eigenvalue weighted by Crippen LogP contribution is -2.49. The van der Waals surface area contributed by atoms with E-state index >= 15 is 0 Å². The van der Waals surface area contributed by atoms with Crippen molar-refractivity contribution in [3.63, 3.8) is 0 Å². The molecule has 0 radical (unpaired) electrons. The summed E-state index contributed by atoms with van der Waals surface area (Å²) in [5.41, 5.74) is -1.57. The summed E-state index contributed by atoms with van der Waals surface area (Å²) in [4.78, 5) is 0. The lowest BCUT2D eigenvalue weighted by atomic mass is 9.77. The molecule has 1 aliphatic rings. The Morgan fingerprint density at radius 1 is 1.40 bits per heavy atom. The Bertz CT molecular complexity index is 317. The van der Waals surface area contributed by atoms with E-state index in [1.165, 1.54) is 0 Å². The van der Waals surface area contributed by atoms with Gasteiger partial charge in [-0.25, -0.2) is 22.3 Å². The Kier molecular flexibility index (Phi) is 3.37. The van der Waals surface area contributed by atoms with Crippen molar-refractivity contribution >= 4 is 10.0 Å². The third kappa shape index (κ3) is 3.09. The Balaban J connectivity index is 2.96. The Morgan fingerprint density at radius 3 is 2.20 bits per heavy atom. The average Bonchev–Trinajstić information content (AvgIpc) is 2.00. The van der Waals surface area contributed by atoms with Crippen LogP contribution in [0.15, 0.2) is 0 Å². The number of rotatable bonds is 3. The summed E-state index contributed by atoms with van der Waals surface area (Å²) in [5.74, 6) is -3.75. The van der Waals surface area contributed by atoms with E-state index in [-0.39, 0.29) is 26.1 Å². The maximum absolute atomic E-state index is 13.4. The zero-order chi connectivity index (χ0) is 11.7. The molecule has 1 heterocycles. The third-order valence-corrected chi connectivity index (χ3v) is 3.81. The first-order chi connectivity index (χ1) is 6.66. The normalized spacial score (nSPS) is 22.7. The summed E-state index contributed by atoms with van der Waals surface area (Å²) in [5, 5.41) is 4.85. The number of hydrogen-bond donors (Lipinski definition) is 1. The van der Waals surface area contributed by atoms with Crippen LogP contribution in [0.1, 0.15) is 19.8 Å². The average molecular weight is 243 g/mol. The molecule has 0 aromatic carbocycles. The molecule has 0 aliphatic carbocycles. The molecule has 1 aliphatic heterocycles. The summed E-state index contributed by atoms with van der Waals surface area (Å²) in [6, 6.07) is 0. The smallest absolute Gasteiger partial charge is 0.252 e. The van der Waals surface area contributed by atoms with E-state index in [1.54, 1.807) is 0 Å². The molecule has 0 aromatic heterocycles. The fourth-order valence-electron chi connectivity index (χ4n) is 1.86. The lowest BCUT2D eigenvalue weighted by Gasteiger charge is -2.40. The molecule has 2 N–H and O–H groups in total. The Hall–Kier alpha value is -0.270. The topological polar surface area (TPSA) is 69.4 Å². The van der Waals surface area contributed by atoms with Crippen molar-refractivity contribution in [2.24, 2.45) is 10.6 Å². The van der Waals surface area contributed by atoms with Gasteiger partial charge in [-0.1, -0.05) is 0 Å². The van der Waals surface area contributed by atoms with Crippen LogP contribution < -0.4 is 5.14 Å². The third-order valence-electron chi connectivity index (χ3n) is 2.86. The van der Waals surface area contributed by atoms with Crippen molar-refractivity contribution in [2.75, 3.05) is 19.0 Å². The molecular weight excluding hydrogens is 228 g/mol. The van der Waals surface area contributed by atoms with Gasteiger partial charge in [-0.2, -0.15) is 0 Å². The summed E-state index contributed by atoms with van der Waals surface area (Å²) >= 11 is 0. The van der Waals surface area contributed by atoms with E-state index in [0.29, 0.717) is 0 Å². The van der Waals surface area contributed by atoms with Crippen LogP contribution in [-0.4, -0.2) is 33.3 Å². The van der Waals surface area contributed by atoms with Crippen LogP contribution in [0.4, 0.5) is 8.78 Å². The second-order valence-corrected chi connectivity index (χ2v) is 5.70. The molecule has 0 bridgehead atoms. The van der Waals surface area contributed by atoms with E-state index in [0.717, 1.165) is 6.92 Å². The minimum absolute atomic E-state index is 0.0208. The van der Waals surface area contributed by atoms with Gasteiger partial charge in [0.05, 0.1) is 11.2 Å². The molecule has 0 amide bonds. The van der Waals surface area contributed by atoms with Crippen molar-refractivity contribution < 1.29 is 21.9 Å². The number of primary sulfonamides is 1. The molecule has 0 unspecified atom stereocenters. The van der Waals surface area contributed by atoms with Gasteiger partial charge in [-0.3, -0.25) is 0 Å². The van der Waals surface area contributed by atoms with Gasteiger partial charge in [0, 0.05) is 13.2 Å². The molecule has 1 rings (SSSR count). The summed E-state index contributed by atoms with van der Waals surface area (Å²) in [6.07, 6.45) is 0.0415. The molecule has 0 spiro atoms. The van der Waals surface area contributed by atoms with Crippen LogP contribution in [0.2, 0.25) is 0 Å². The van der Waals surface area contributed by atoms with Gasteiger partial charge in [0.1, 0.15) is 0 Å². The molecule has 90 valence electrons. The van der Waals surface area contributed by atoms with Gasteiger partial charge in [-0.05, 0) is 19.8 Å². The summed E-state index contributed by atoms with van der Waals surface area (Å²) in [7, 11) is -3.90. The zero-order valence-corrected chi connectivity index (χ0v) is 9.32. The van der Waals surface area contributed by atoms with Gasteiger partial charge in [0.25, 0.3) is 5.92 Å². The molecule has 4 nitrogen and oxygen atoms in total. The number of sulfonamides is 1. The number of hydrogen-bond acceptors (Lipinski definition) is 3. The van der Waals surface area contributed by atoms with Gasteiger partial charge in [0.2, 0.25) is 10.0 Å². The first-order valence-electron chi connectivity index (χ1n) is 4.62. The predicted molar refractivity (Wildman–Crippen MR) is 51.1 cm³/mol.